The van der Waals surface area contributed by atoms with E-state index in [1.807, 2.05) is 36.4 Å². The third-order valence-corrected chi connectivity index (χ3v) is 5.44. The van der Waals surface area contributed by atoms with Gasteiger partial charge in [-0.1, -0.05) is 24.3 Å². The Bertz CT molecular complexity index is 1130. The van der Waals surface area contributed by atoms with Crippen molar-refractivity contribution in [2.75, 3.05) is 25.0 Å². The molecule has 1 atom stereocenters. The maximum atomic E-state index is 12.7. The number of hydrogen-bond acceptors (Lipinski definition) is 6. The van der Waals surface area contributed by atoms with Gasteiger partial charge in [-0.05, 0) is 18.2 Å². The van der Waals surface area contributed by atoms with Crippen molar-refractivity contribution in [3.8, 4) is 17.1 Å². The topological polar surface area (TPSA) is 70.8 Å². The summed E-state index contributed by atoms with van der Waals surface area (Å²) in [5, 5.41) is 9.97. The fourth-order valence-electron chi connectivity index (χ4n) is 3.86. The Morgan fingerprint density at radius 3 is 2.70 bits per heavy atom. The van der Waals surface area contributed by atoms with Crippen molar-refractivity contribution in [1.82, 2.24) is 9.97 Å². The minimum absolute atomic E-state index is 0.153. The first-order valence-corrected chi connectivity index (χ1v) is 10.5. The largest absolute Gasteiger partial charge is 0.472 e. The van der Waals surface area contributed by atoms with Crippen LogP contribution in [0.25, 0.3) is 11.3 Å². The highest BCUT2D eigenvalue weighted by Crippen LogP contribution is 2.31. The van der Waals surface area contributed by atoms with E-state index < -0.39 is 11.7 Å². The Morgan fingerprint density at radius 1 is 1.18 bits per heavy atom. The van der Waals surface area contributed by atoms with Gasteiger partial charge in [0.15, 0.2) is 0 Å². The molecule has 0 bridgehead atoms. The van der Waals surface area contributed by atoms with Gasteiger partial charge < -0.3 is 14.7 Å². The highest BCUT2D eigenvalue weighted by Gasteiger charge is 2.31. The molecule has 6 nitrogen and oxygen atoms in total. The minimum Gasteiger partial charge on any atom is -0.472 e. The quantitative estimate of drug-likeness (QED) is 0.558. The first-order chi connectivity index (χ1) is 15.9. The maximum absolute atomic E-state index is 12.7. The third kappa shape index (κ3) is 5.14. The summed E-state index contributed by atoms with van der Waals surface area (Å²) in [5.74, 6) is 0.153. The molecule has 0 unspecified atom stereocenters. The lowest BCUT2D eigenvalue weighted by Gasteiger charge is -2.22. The molecule has 4 rings (SSSR count). The molecule has 9 heteroatoms. The van der Waals surface area contributed by atoms with Crippen molar-refractivity contribution in [2.24, 2.45) is 4.99 Å². The van der Waals surface area contributed by atoms with Crippen LogP contribution < -0.4 is 9.64 Å². The van der Waals surface area contributed by atoms with E-state index in [0.29, 0.717) is 25.2 Å². The highest BCUT2D eigenvalue weighted by atomic mass is 19.4. The fourth-order valence-corrected chi connectivity index (χ4v) is 3.86. The summed E-state index contributed by atoms with van der Waals surface area (Å²) in [5.41, 5.74) is 3.12. The molecule has 172 valence electrons. The van der Waals surface area contributed by atoms with Crippen LogP contribution in [0.2, 0.25) is 0 Å². The van der Waals surface area contributed by atoms with Gasteiger partial charge in [-0.25, -0.2) is 9.97 Å². The summed E-state index contributed by atoms with van der Waals surface area (Å²) < 4.78 is 43.9. The summed E-state index contributed by atoms with van der Waals surface area (Å²) in [6.07, 6.45) is -1.46. The monoisotopic (exact) mass is 456 g/mol. The molecule has 3 aromatic rings. The van der Waals surface area contributed by atoms with Crippen molar-refractivity contribution in [3.63, 3.8) is 0 Å². The number of hydrogen-bond donors (Lipinski definition) is 1. The van der Waals surface area contributed by atoms with Crippen molar-refractivity contribution in [1.29, 1.82) is 0 Å². The van der Waals surface area contributed by atoms with Gasteiger partial charge in [-0.2, -0.15) is 13.2 Å². The summed E-state index contributed by atoms with van der Waals surface area (Å²) in [6.45, 7) is 0.948. The summed E-state index contributed by atoms with van der Waals surface area (Å²) in [4.78, 5) is 14.6. The Kier molecular flexibility index (Phi) is 6.60. The van der Waals surface area contributed by atoms with Crippen molar-refractivity contribution >= 4 is 11.9 Å². The second-order valence-electron chi connectivity index (χ2n) is 7.65. The van der Waals surface area contributed by atoms with Crippen LogP contribution in [0, 0.1) is 0 Å². The van der Waals surface area contributed by atoms with Gasteiger partial charge in [-0.15, -0.1) is 0 Å². The number of anilines is 1. The van der Waals surface area contributed by atoms with E-state index in [2.05, 4.69) is 19.9 Å². The van der Waals surface area contributed by atoms with Gasteiger partial charge in [0, 0.05) is 49.6 Å². The van der Waals surface area contributed by atoms with Crippen LogP contribution in [0.4, 0.5) is 18.9 Å². The molecule has 1 aliphatic rings. The number of rotatable bonds is 6. The number of pyridine rings is 2. The molecular weight excluding hydrogens is 433 g/mol. The van der Waals surface area contributed by atoms with Crippen LogP contribution in [0.1, 0.15) is 23.2 Å². The van der Waals surface area contributed by atoms with Gasteiger partial charge in [0.2, 0.25) is 5.88 Å². The molecule has 0 amide bonds. The molecule has 2 aromatic heterocycles. The van der Waals surface area contributed by atoms with E-state index in [0.717, 1.165) is 34.8 Å². The number of aliphatic hydroxyl groups is 1. The average Bonchev–Trinajstić information content (AvgIpc) is 3.27. The summed E-state index contributed by atoms with van der Waals surface area (Å²) in [6, 6.07) is 13.8. The molecule has 1 aromatic carbocycles. The molecule has 33 heavy (non-hydrogen) atoms. The third-order valence-electron chi connectivity index (χ3n) is 5.44. The fraction of sp³-hybridized carbons (Fsp3) is 0.292. The molecular formula is C24H23F3N4O2. The molecule has 1 N–H and O–H groups in total. The molecule has 0 radical (unpaired) electrons. The molecule has 1 saturated heterocycles. The molecule has 0 spiro atoms. The zero-order chi connectivity index (χ0) is 23.4. The Morgan fingerprint density at radius 2 is 2.00 bits per heavy atom. The van der Waals surface area contributed by atoms with Gasteiger partial charge in [0.05, 0.1) is 35.8 Å². The predicted octanol–water partition coefficient (Wildman–Crippen LogP) is 4.36. The van der Waals surface area contributed by atoms with Crippen LogP contribution >= 0.6 is 0 Å². The Balaban J connectivity index is 1.49. The van der Waals surface area contributed by atoms with E-state index in [-0.39, 0.29) is 18.6 Å². The van der Waals surface area contributed by atoms with Crippen molar-refractivity contribution in [3.05, 3.63) is 71.5 Å². The van der Waals surface area contributed by atoms with Crippen LogP contribution in [0.5, 0.6) is 5.88 Å². The number of aliphatic imine (C=N–C) groups is 1. The van der Waals surface area contributed by atoms with Gasteiger partial charge >= 0.3 is 6.18 Å². The SMILES string of the molecule is CN=Cc1ccccc1-c1ccc(N2CC[C@H](Oc3ccc(C(F)(F)F)cn3)C2)c(CO)n1. The molecule has 3 heterocycles. The number of aliphatic hydroxyl groups excluding tert-OH is 1. The van der Waals surface area contributed by atoms with Gasteiger partial charge in [0.1, 0.15) is 6.10 Å². The first-order valence-electron chi connectivity index (χ1n) is 10.5. The smallest absolute Gasteiger partial charge is 0.417 e. The van der Waals surface area contributed by atoms with E-state index >= 15 is 0 Å². The lowest BCUT2D eigenvalue weighted by Crippen LogP contribution is -2.26. The number of aromatic nitrogens is 2. The average molecular weight is 456 g/mol. The lowest BCUT2D eigenvalue weighted by molar-refractivity contribution is -0.137. The predicted molar refractivity (Wildman–Crippen MR) is 120 cm³/mol. The number of benzene rings is 1. The van der Waals surface area contributed by atoms with Crippen molar-refractivity contribution in [2.45, 2.75) is 25.3 Å². The van der Waals surface area contributed by atoms with E-state index in [1.54, 1.807) is 13.3 Å². The van der Waals surface area contributed by atoms with E-state index in [4.69, 9.17) is 4.74 Å². The summed E-state index contributed by atoms with van der Waals surface area (Å²) in [7, 11) is 1.71. The standard InChI is InChI=1S/C24H23F3N4O2/c1-28-12-16-4-2-3-5-19(16)20-7-8-22(21(15-32)30-20)31-11-10-18(14-31)33-23-9-6-17(13-29-23)24(25,26)27/h2-9,12-13,18,32H,10-11,14-15H2,1H3/t18-/m0/s1. The lowest BCUT2D eigenvalue weighted by atomic mass is 10.0. The Labute approximate surface area is 189 Å². The number of nitrogens with zero attached hydrogens (tertiary/aromatic N) is 4. The first kappa shape index (κ1) is 22.7. The van der Waals surface area contributed by atoms with E-state index in [1.165, 1.54) is 6.07 Å². The highest BCUT2D eigenvalue weighted by molar-refractivity contribution is 5.89. The minimum atomic E-state index is -4.43. The molecule has 0 saturated carbocycles. The van der Waals surface area contributed by atoms with Gasteiger partial charge in [-0.3, -0.25) is 4.99 Å². The Hall–Kier alpha value is -3.46. The molecule has 0 aliphatic carbocycles. The zero-order valence-electron chi connectivity index (χ0n) is 18.0. The van der Waals surface area contributed by atoms with Crippen LogP contribution in [-0.4, -0.2) is 47.5 Å². The number of alkyl halides is 3. The van der Waals surface area contributed by atoms with Crippen LogP contribution in [0.3, 0.4) is 0 Å². The van der Waals surface area contributed by atoms with Crippen LogP contribution in [-0.2, 0) is 12.8 Å². The second kappa shape index (κ2) is 9.58. The van der Waals surface area contributed by atoms with Crippen LogP contribution in [0.15, 0.2) is 59.7 Å². The van der Waals surface area contributed by atoms with Crippen molar-refractivity contribution < 1.29 is 23.0 Å². The molecule has 1 aliphatic heterocycles. The normalized spacial score (nSPS) is 16.5. The molecule has 1 fully saturated rings. The zero-order valence-corrected chi connectivity index (χ0v) is 18.0. The van der Waals surface area contributed by atoms with Gasteiger partial charge in [0.25, 0.3) is 0 Å². The number of halogens is 3. The summed E-state index contributed by atoms with van der Waals surface area (Å²) >= 11 is 0. The number of ether oxygens (including phenoxy) is 1. The maximum Gasteiger partial charge on any atom is 0.417 e. The van der Waals surface area contributed by atoms with E-state index in [9.17, 15) is 18.3 Å². The second-order valence-corrected chi connectivity index (χ2v) is 7.65.